The number of carbonyl (C=O) groups excluding carboxylic acids is 3. The molecule has 0 bridgehead atoms. The highest BCUT2D eigenvalue weighted by Gasteiger charge is 2.20. The Labute approximate surface area is 234 Å². The highest BCUT2D eigenvalue weighted by Crippen LogP contribution is 2.27. The smallest absolute Gasteiger partial charge is 0.407 e. The first-order chi connectivity index (χ1) is 18.4. The maximum atomic E-state index is 14.0. The van der Waals surface area contributed by atoms with Crippen LogP contribution in [0.1, 0.15) is 41.5 Å². The van der Waals surface area contributed by atoms with Crippen LogP contribution in [0.15, 0.2) is 59.6 Å². The van der Waals surface area contributed by atoms with Crippen molar-refractivity contribution in [3.63, 3.8) is 0 Å². The van der Waals surface area contributed by atoms with Crippen molar-refractivity contribution in [3.05, 3.63) is 76.7 Å². The van der Waals surface area contributed by atoms with Gasteiger partial charge in [-0.05, 0) is 75.6 Å². The Morgan fingerprint density at radius 2 is 1.74 bits per heavy atom. The first-order valence-corrected chi connectivity index (χ1v) is 13.4. The summed E-state index contributed by atoms with van der Waals surface area (Å²) in [6, 6.07) is 11.5. The average Bonchev–Trinajstić information content (AvgIpc) is 2.87. The second-order valence-electron chi connectivity index (χ2n) is 9.10. The van der Waals surface area contributed by atoms with Gasteiger partial charge in [-0.1, -0.05) is 11.6 Å². The largest absolute Gasteiger partial charge is 0.491 e. The van der Waals surface area contributed by atoms with Crippen LogP contribution >= 0.6 is 23.4 Å². The van der Waals surface area contributed by atoms with Gasteiger partial charge in [0.05, 0.1) is 28.4 Å². The van der Waals surface area contributed by atoms with Crippen LogP contribution in [0.25, 0.3) is 0 Å². The lowest BCUT2D eigenvalue weighted by Crippen LogP contribution is -2.34. The monoisotopic (exact) mass is 574 g/mol. The standard InChI is InChI=1S/C27H28ClFN4O5S/c1-27(2,3)38-26(36)30-11-12-37-22-14-18(39-4)7-8-19(22)24(34)32-21-9-6-17(29)13-20(21)25(35)33-23-10-5-16(28)15-31-23/h5-10,13-15H,11-12H2,1-4H3,(H,30,36)(H,32,34)(H,31,33,35). The lowest BCUT2D eigenvalue weighted by Gasteiger charge is -2.20. The molecule has 9 nitrogen and oxygen atoms in total. The van der Waals surface area contributed by atoms with E-state index in [1.54, 1.807) is 45.0 Å². The molecule has 1 aromatic heterocycles. The minimum atomic E-state index is -0.679. The number of amides is 3. The molecule has 3 aromatic rings. The second kappa shape index (κ2) is 13.3. The molecule has 0 saturated carbocycles. The minimum absolute atomic E-state index is 0.0651. The number of hydrogen-bond donors (Lipinski definition) is 3. The number of alkyl carbamates (subject to hydrolysis) is 1. The zero-order chi connectivity index (χ0) is 28.6. The van der Waals surface area contributed by atoms with Crippen molar-refractivity contribution in [2.24, 2.45) is 0 Å². The molecule has 0 atom stereocenters. The van der Waals surface area contributed by atoms with Crippen molar-refractivity contribution in [2.45, 2.75) is 31.3 Å². The number of carbonyl (C=O) groups is 3. The van der Waals surface area contributed by atoms with Gasteiger partial charge in [0.1, 0.15) is 29.6 Å². The fraction of sp³-hybridized carbons (Fsp3) is 0.259. The van der Waals surface area contributed by atoms with E-state index in [1.165, 1.54) is 30.1 Å². The van der Waals surface area contributed by atoms with Crippen LogP contribution in [0.4, 0.5) is 20.7 Å². The molecule has 0 spiro atoms. The lowest BCUT2D eigenvalue weighted by molar-refractivity contribution is 0.0519. The van der Waals surface area contributed by atoms with E-state index in [2.05, 4.69) is 20.9 Å². The van der Waals surface area contributed by atoms with Gasteiger partial charge < -0.3 is 25.4 Å². The van der Waals surface area contributed by atoms with Gasteiger partial charge in [-0.15, -0.1) is 11.8 Å². The number of aromatic nitrogens is 1. The molecule has 206 valence electrons. The van der Waals surface area contributed by atoms with Crippen LogP contribution in [-0.2, 0) is 4.74 Å². The summed E-state index contributed by atoms with van der Waals surface area (Å²) in [6.07, 6.45) is 2.65. The topological polar surface area (TPSA) is 119 Å². The molecular weight excluding hydrogens is 547 g/mol. The summed E-state index contributed by atoms with van der Waals surface area (Å²) in [5.41, 5.74) is -0.478. The molecule has 3 N–H and O–H groups in total. The molecule has 2 aromatic carbocycles. The summed E-state index contributed by atoms with van der Waals surface area (Å²) in [4.78, 5) is 42.8. The second-order valence-corrected chi connectivity index (χ2v) is 10.4. The van der Waals surface area contributed by atoms with E-state index < -0.39 is 29.3 Å². The summed E-state index contributed by atoms with van der Waals surface area (Å²) < 4.78 is 25.0. The number of pyridine rings is 1. The number of rotatable bonds is 9. The summed E-state index contributed by atoms with van der Waals surface area (Å²) in [5.74, 6) is -1.45. The van der Waals surface area contributed by atoms with E-state index >= 15 is 0 Å². The van der Waals surface area contributed by atoms with Crippen LogP contribution in [0, 0.1) is 5.82 Å². The number of anilines is 2. The predicted molar refractivity (Wildman–Crippen MR) is 150 cm³/mol. The lowest BCUT2D eigenvalue weighted by atomic mass is 10.1. The maximum Gasteiger partial charge on any atom is 0.407 e. The Morgan fingerprint density at radius 3 is 2.41 bits per heavy atom. The number of nitrogens with zero attached hydrogens (tertiary/aromatic N) is 1. The average molecular weight is 575 g/mol. The Hall–Kier alpha value is -3.83. The van der Waals surface area contributed by atoms with Gasteiger partial charge in [0.25, 0.3) is 11.8 Å². The van der Waals surface area contributed by atoms with Gasteiger partial charge in [-0.25, -0.2) is 14.2 Å². The van der Waals surface area contributed by atoms with Gasteiger partial charge in [0.15, 0.2) is 0 Å². The Bertz CT molecular complexity index is 1350. The van der Waals surface area contributed by atoms with Crippen LogP contribution < -0.4 is 20.7 Å². The number of nitrogens with one attached hydrogen (secondary N) is 3. The van der Waals surface area contributed by atoms with Gasteiger partial charge in [-0.2, -0.15) is 0 Å². The predicted octanol–water partition coefficient (Wildman–Crippen LogP) is 6.00. The molecule has 3 amide bonds. The molecule has 0 aliphatic carbocycles. The molecule has 0 radical (unpaired) electrons. The van der Waals surface area contributed by atoms with Crippen molar-refractivity contribution in [3.8, 4) is 5.75 Å². The molecule has 1 heterocycles. The molecular formula is C27H28ClFN4O5S. The highest BCUT2D eigenvalue weighted by molar-refractivity contribution is 7.98. The van der Waals surface area contributed by atoms with E-state index in [0.29, 0.717) is 5.02 Å². The Balaban J connectivity index is 1.75. The van der Waals surface area contributed by atoms with E-state index in [1.807, 2.05) is 6.26 Å². The van der Waals surface area contributed by atoms with Gasteiger partial charge >= 0.3 is 6.09 Å². The summed E-state index contributed by atoms with van der Waals surface area (Å²) in [5, 5.41) is 8.19. The molecule has 0 aliphatic rings. The van der Waals surface area contributed by atoms with Crippen molar-refractivity contribution in [1.29, 1.82) is 0 Å². The Kier molecular flexibility index (Phi) is 10.1. The van der Waals surface area contributed by atoms with Crippen molar-refractivity contribution in [2.75, 3.05) is 30.0 Å². The van der Waals surface area contributed by atoms with Crippen LogP contribution in [0.5, 0.6) is 5.75 Å². The zero-order valence-electron chi connectivity index (χ0n) is 21.8. The quantitative estimate of drug-likeness (QED) is 0.212. The number of thioether (sulfide) groups is 1. The molecule has 0 fully saturated rings. The first kappa shape index (κ1) is 29.7. The van der Waals surface area contributed by atoms with E-state index in [0.717, 1.165) is 17.0 Å². The molecule has 3 rings (SSSR count). The van der Waals surface area contributed by atoms with Gasteiger partial charge in [0.2, 0.25) is 0 Å². The van der Waals surface area contributed by atoms with Gasteiger partial charge in [-0.3, -0.25) is 9.59 Å². The third kappa shape index (κ3) is 9.15. The fourth-order valence-corrected chi connectivity index (χ4v) is 3.74. The SMILES string of the molecule is CSc1ccc(C(=O)Nc2ccc(F)cc2C(=O)Nc2ccc(Cl)cn2)c(OCCNC(=O)OC(C)(C)C)c1. The summed E-state index contributed by atoms with van der Waals surface area (Å²) in [7, 11) is 0. The highest BCUT2D eigenvalue weighted by atomic mass is 35.5. The molecule has 0 aliphatic heterocycles. The van der Waals surface area contributed by atoms with E-state index in [4.69, 9.17) is 21.1 Å². The molecule has 0 unspecified atom stereocenters. The molecule has 0 saturated heterocycles. The number of ether oxygens (including phenoxy) is 2. The first-order valence-electron chi connectivity index (χ1n) is 11.8. The van der Waals surface area contributed by atoms with Crippen LogP contribution in [-0.4, -0.2) is 47.9 Å². The van der Waals surface area contributed by atoms with Crippen LogP contribution in [0.3, 0.4) is 0 Å². The third-order valence-electron chi connectivity index (χ3n) is 4.90. The van der Waals surface area contributed by atoms with Crippen molar-refractivity contribution in [1.82, 2.24) is 10.3 Å². The molecule has 12 heteroatoms. The van der Waals surface area contributed by atoms with Crippen molar-refractivity contribution < 1.29 is 28.2 Å². The summed E-state index contributed by atoms with van der Waals surface area (Å²) >= 11 is 7.28. The fourth-order valence-electron chi connectivity index (χ4n) is 3.20. The zero-order valence-corrected chi connectivity index (χ0v) is 23.3. The van der Waals surface area contributed by atoms with Crippen molar-refractivity contribution >= 4 is 52.8 Å². The number of benzene rings is 2. The van der Waals surface area contributed by atoms with E-state index in [-0.39, 0.29) is 41.5 Å². The number of halogens is 2. The third-order valence-corrected chi connectivity index (χ3v) is 5.85. The summed E-state index contributed by atoms with van der Waals surface area (Å²) in [6.45, 7) is 5.47. The Morgan fingerprint density at radius 1 is 1.00 bits per heavy atom. The van der Waals surface area contributed by atoms with Gasteiger partial charge in [0, 0.05) is 11.1 Å². The van der Waals surface area contributed by atoms with Crippen LogP contribution in [0.2, 0.25) is 5.02 Å². The maximum absolute atomic E-state index is 14.0. The molecule has 39 heavy (non-hydrogen) atoms. The number of hydrogen-bond acceptors (Lipinski definition) is 7. The normalized spacial score (nSPS) is 10.9. The minimum Gasteiger partial charge on any atom is -0.491 e. The van der Waals surface area contributed by atoms with E-state index in [9.17, 15) is 18.8 Å².